The predicted molar refractivity (Wildman–Crippen MR) is 63.0 cm³/mol. The first-order chi connectivity index (χ1) is 7.57. The largest absolute Gasteiger partial charge is 0.480 e. The van der Waals surface area contributed by atoms with Gasteiger partial charge in [0.05, 0.1) is 5.88 Å². The summed E-state index contributed by atoms with van der Waals surface area (Å²) >= 11 is 1.49. The number of carbonyl (C=O) groups is 2. The number of aliphatic carboxylic acids is 1. The van der Waals surface area contributed by atoms with Crippen molar-refractivity contribution in [3.63, 3.8) is 0 Å². The van der Waals surface area contributed by atoms with Crippen molar-refractivity contribution in [2.45, 2.75) is 25.8 Å². The highest BCUT2D eigenvalue weighted by Crippen LogP contribution is 2.24. The third-order valence-electron chi connectivity index (χ3n) is 2.71. The first kappa shape index (κ1) is 13.3. The minimum atomic E-state index is -0.913. The molecular weight excluding hydrogens is 228 g/mol. The van der Waals surface area contributed by atoms with Crippen LogP contribution in [0.25, 0.3) is 0 Å². The van der Waals surface area contributed by atoms with Crippen molar-refractivity contribution < 1.29 is 14.7 Å². The summed E-state index contributed by atoms with van der Waals surface area (Å²) in [6.07, 6.45) is 1.52. The van der Waals surface area contributed by atoms with Crippen molar-refractivity contribution >= 4 is 23.6 Å². The molecule has 0 bridgehead atoms. The normalized spacial score (nSPS) is 22.1. The Morgan fingerprint density at radius 1 is 1.62 bits per heavy atom. The van der Waals surface area contributed by atoms with Gasteiger partial charge in [-0.05, 0) is 19.4 Å². The van der Waals surface area contributed by atoms with Crippen LogP contribution in [0, 0.1) is 5.92 Å². The molecule has 0 aromatic rings. The highest BCUT2D eigenvalue weighted by atomic mass is 32.2. The van der Waals surface area contributed by atoms with Crippen LogP contribution in [-0.4, -0.2) is 46.1 Å². The van der Waals surface area contributed by atoms with E-state index in [1.165, 1.54) is 16.7 Å². The average molecular weight is 246 g/mol. The van der Waals surface area contributed by atoms with E-state index in [4.69, 9.17) is 10.8 Å². The second kappa shape index (κ2) is 6.10. The Labute approximate surface area is 99.4 Å². The topological polar surface area (TPSA) is 83.6 Å². The van der Waals surface area contributed by atoms with Crippen LogP contribution in [0.4, 0.5) is 0 Å². The third kappa shape index (κ3) is 3.12. The minimum Gasteiger partial charge on any atom is -0.480 e. The van der Waals surface area contributed by atoms with Crippen molar-refractivity contribution in [3.8, 4) is 0 Å². The van der Waals surface area contributed by atoms with Gasteiger partial charge in [0.15, 0.2) is 0 Å². The molecule has 0 saturated carbocycles. The highest BCUT2D eigenvalue weighted by Gasteiger charge is 2.35. The van der Waals surface area contributed by atoms with Crippen molar-refractivity contribution in [1.82, 2.24) is 4.90 Å². The summed E-state index contributed by atoms with van der Waals surface area (Å²) in [4.78, 5) is 24.4. The molecule has 1 aliphatic heterocycles. The smallest absolute Gasteiger partial charge is 0.327 e. The number of carboxylic acid groups (broad SMARTS) is 1. The van der Waals surface area contributed by atoms with Gasteiger partial charge in [0.1, 0.15) is 6.04 Å². The van der Waals surface area contributed by atoms with Crippen LogP contribution in [-0.2, 0) is 9.59 Å². The van der Waals surface area contributed by atoms with Crippen molar-refractivity contribution in [2.75, 3.05) is 18.2 Å². The molecule has 1 amide bonds. The molecule has 2 atom stereocenters. The van der Waals surface area contributed by atoms with Crippen LogP contribution in [0.5, 0.6) is 0 Å². The number of rotatable bonds is 5. The zero-order valence-corrected chi connectivity index (χ0v) is 10.2. The van der Waals surface area contributed by atoms with Gasteiger partial charge in [-0.2, -0.15) is 0 Å². The van der Waals surface area contributed by atoms with E-state index < -0.39 is 12.0 Å². The highest BCUT2D eigenvalue weighted by molar-refractivity contribution is 7.99. The molecule has 1 heterocycles. The zero-order valence-electron chi connectivity index (χ0n) is 9.39. The molecule has 6 heteroatoms. The van der Waals surface area contributed by atoms with Gasteiger partial charge in [-0.1, -0.05) is 6.92 Å². The lowest BCUT2D eigenvalue weighted by molar-refractivity contribution is -0.149. The molecule has 1 rings (SSSR count). The Kier molecular flexibility index (Phi) is 5.08. The second-order valence-electron chi connectivity index (χ2n) is 3.99. The van der Waals surface area contributed by atoms with Gasteiger partial charge in [0, 0.05) is 11.7 Å². The molecule has 0 spiro atoms. The Morgan fingerprint density at radius 2 is 2.31 bits per heavy atom. The molecule has 16 heavy (non-hydrogen) atoms. The summed E-state index contributed by atoms with van der Waals surface area (Å²) in [6.45, 7) is 2.40. The summed E-state index contributed by atoms with van der Waals surface area (Å²) in [5.74, 6) is -0.132. The number of carbonyl (C=O) groups excluding carboxylic acids is 1. The number of hydrogen-bond donors (Lipinski definition) is 2. The molecule has 0 aliphatic carbocycles. The standard InChI is InChI=1S/C10H18N2O3S/c1-7(3-2-4-11)9(13)12-6-16-5-8(12)10(14)15/h7-8H,2-6,11H2,1H3,(H,14,15)/t7?,8-/m0/s1. The first-order valence-corrected chi connectivity index (χ1v) is 6.54. The molecule has 92 valence electrons. The number of nitrogens with two attached hydrogens (primary N) is 1. The maximum absolute atomic E-state index is 12.0. The van der Waals surface area contributed by atoms with Gasteiger partial charge in [-0.3, -0.25) is 4.79 Å². The summed E-state index contributed by atoms with van der Waals surface area (Å²) in [5, 5.41) is 8.96. The molecule has 1 saturated heterocycles. The summed E-state index contributed by atoms with van der Waals surface area (Å²) < 4.78 is 0. The predicted octanol–water partition coefficient (Wildman–Crippen LogP) is 0.347. The van der Waals surface area contributed by atoms with Crippen molar-refractivity contribution in [1.29, 1.82) is 0 Å². The Hall–Kier alpha value is -0.750. The molecule has 0 radical (unpaired) electrons. The van der Waals surface area contributed by atoms with Crippen LogP contribution >= 0.6 is 11.8 Å². The Bertz CT molecular complexity index is 273. The van der Waals surface area contributed by atoms with Crippen LogP contribution in [0.15, 0.2) is 0 Å². The summed E-state index contributed by atoms with van der Waals surface area (Å²) in [7, 11) is 0. The van der Waals surface area contributed by atoms with E-state index in [9.17, 15) is 9.59 Å². The van der Waals surface area contributed by atoms with Crippen molar-refractivity contribution in [3.05, 3.63) is 0 Å². The van der Waals surface area contributed by atoms with Gasteiger partial charge >= 0.3 is 5.97 Å². The molecule has 1 aliphatic rings. The van der Waals surface area contributed by atoms with Crippen LogP contribution < -0.4 is 5.73 Å². The van der Waals surface area contributed by atoms with Gasteiger partial charge in [-0.25, -0.2) is 4.79 Å². The quantitative estimate of drug-likeness (QED) is 0.731. The van der Waals surface area contributed by atoms with E-state index in [-0.39, 0.29) is 11.8 Å². The first-order valence-electron chi connectivity index (χ1n) is 5.39. The number of carboxylic acids is 1. The Balaban J connectivity index is 2.55. The maximum atomic E-state index is 12.0. The monoisotopic (exact) mass is 246 g/mol. The third-order valence-corrected chi connectivity index (χ3v) is 3.73. The minimum absolute atomic E-state index is 0.0640. The van der Waals surface area contributed by atoms with Gasteiger partial charge < -0.3 is 15.7 Å². The molecular formula is C10H18N2O3S. The van der Waals surface area contributed by atoms with Gasteiger partial charge in [-0.15, -0.1) is 11.8 Å². The zero-order chi connectivity index (χ0) is 12.1. The van der Waals surface area contributed by atoms with E-state index in [0.29, 0.717) is 18.2 Å². The number of thioether (sulfide) groups is 1. The molecule has 0 aromatic heterocycles. The summed E-state index contributed by atoms with van der Waals surface area (Å²) in [5.41, 5.74) is 5.38. The lowest BCUT2D eigenvalue weighted by atomic mass is 10.0. The lowest BCUT2D eigenvalue weighted by Gasteiger charge is -2.23. The van der Waals surface area contributed by atoms with Gasteiger partial charge in [0.25, 0.3) is 0 Å². The van der Waals surface area contributed by atoms with E-state index in [1.807, 2.05) is 6.92 Å². The van der Waals surface area contributed by atoms with E-state index in [1.54, 1.807) is 0 Å². The van der Waals surface area contributed by atoms with Crippen LogP contribution in [0.1, 0.15) is 19.8 Å². The fourth-order valence-corrected chi connectivity index (χ4v) is 2.85. The van der Waals surface area contributed by atoms with Gasteiger partial charge in [0.2, 0.25) is 5.91 Å². The molecule has 0 aromatic carbocycles. The number of hydrogen-bond acceptors (Lipinski definition) is 4. The number of nitrogens with zero attached hydrogens (tertiary/aromatic N) is 1. The fourth-order valence-electron chi connectivity index (χ4n) is 1.70. The second-order valence-corrected chi connectivity index (χ2v) is 4.99. The van der Waals surface area contributed by atoms with Crippen LogP contribution in [0.2, 0.25) is 0 Å². The SMILES string of the molecule is CC(CCCN)C(=O)N1CSC[C@H]1C(=O)O. The van der Waals surface area contributed by atoms with Crippen molar-refractivity contribution in [2.24, 2.45) is 11.7 Å². The lowest BCUT2D eigenvalue weighted by Crippen LogP contribution is -2.44. The molecule has 1 fully saturated rings. The summed E-state index contributed by atoms with van der Waals surface area (Å²) in [6, 6.07) is -0.655. The number of amides is 1. The molecule has 3 N–H and O–H groups in total. The fraction of sp³-hybridized carbons (Fsp3) is 0.800. The molecule has 5 nitrogen and oxygen atoms in total. The van der Waals surface area contributed by atoms with E-state index >= 15 is 0 Å². The average Bonchev–Trinajstić information content (AvgIpc) is 2.73. The molecule has 1 unspecified atom stereocenters. The Morgan fingerprint density at radius 3 is 2.88 bits per heavy atom. The van der Waals surface area contributed by atoms with E-state index in [0.717, 1.165) is 12.8 Å². The van der Waals surface area contributed by atoms with Crippen LogP contribution in [0.3, 0.4) is 0 Å². The van der Waals surface area contributed by atoms with E-state index in [2.05, 4.69) is 0 Å². The maximum Gasteiger partial charge on any atom is 0.327 e.